The molecule has 6 heteroatoms. The first-order chi connectivity index (χ1) is 6.81. The fourth-order valence-corrected chi connectivity index (χ4v) is 1.39. The molecule has 2 N–H and O–H groups in total. The van der Waals surface area contributed by atoms with Gasteiger partial charge in [-0.1, -0.05) is 0 Å². The number of halogens is 3. The lowest BCUT2D eigenvalue weighted by Gasteiger charge is -2.22. The van der Waals surface area contributed by atoms with Gasteiger partial charge in [0.15, 0.2) is 0 Å². The van der Waals surface area contributed by atoms with Gasteiger partial charge in [-0.05, 0) is 31.5 Å². The van der Waals surface area contributed by atoms with Gasteiger partial charge in [-0.2, -0.15) is 0 Å². The van der Waals surface area contributed by atoms with Crippen molar-refractivity contribution in [2.75, 3.05) is 0 Å². The van der Waals surface area contributed by atoms with Crippen molar-refractivity contribution >= 4 is 11.6 Å². The molecule has 0 aromatic carbocycles. The molecule has 0 radical (unpaired) electrons. The van der Waals surface area contributed by atoms with Gasteiger partial charge >= 0.3 is 0 Å². The topological polar surface area (TPSA) is 51.8 Å². The summed E-state index contributed by atoms with van der Waals surface area (Å²) >= 11 is 5.61. The predicted molar refractivity (Wildman–Crippen MR) is 54.1 cm³/mol. The summed E-state index contributed by atoms with van der Waals surface area (Å²) in [6.45, 7) is 3.00. The highest BCUT2D eigenvalue weighted by Gasteiger charge is 2.31. The molecule has 0 amide bonds. The third-order valence-electron chi connectivity index (χ3n) is 1.94. The summed E-state index contributed by atoms with van der Waals surface area (Å²) in [6.07, 6.45) is -2.64. The summed E-state index contributed by atoms with van der Waals surface area (Å²) in [7, 11) is 0. The van der Waals surface area contributed by atoms with E-state index in [0.29, 0.717) is 11.4 Å². The van der Waals surface area contributed by atoms with Gasteiger partial charge in [0.25, 0.3) is 6.43 Å². The van der Waals surface area contributed by atoms with E-state index in [2.05, 4.69) is 9.97 Å². The zero-order valence-corrected chi connectivity index (χ0v) is 9.22. The first-order valence-electron chi connectivity index (χ1n) is 4.38. The first kappa shape index (κ1) is 12.3. The standard InChI is InChI=1S/C9H12ClF2N3/c1-5-3-6(15-8(10)14-5)4-9(2,13)7(11)12/h3,7H,4,13H2,1-2H3. The van der Waals surface area contributed by atoms with Gasteiger partial charge in [-0.3, -0.25) is 0 Å². The molecule has 1 atom stereocenters. The van der Waals surface area contributed by atoms with Crippen molar-refractivity contribution < 1.29 is 8.78 Å². The third-order valence-corrected chi connectivity index (χ3v) is 2.11. The Morgan fingerprint density at radius 3 is 2.60 bits per heavy atom. The smallest absolute Gasteiger partial charge is 0.256 e. The molecule has 1 heterocycles. The predicted octanol–water partition coefficient (Wildman–Crippen LogP) is 1.96. The molecule has 84 valence electrons. The molecule has 0 saturated heterocycles. The SMILES string of the molecule is Cc1cc(CC(C)(N)C(F)F)nc(Cl)n1. The molecule has 0 aliphatic rings. The van der Waals surface area contributed by atoms with Crippen molar-refractivity contribution in [3.05, 3.63) is 22.7 Å². The van der Waals surface area contributed by atoms with E-state index in [9.17, 15) is 8.78 Å². The highest BCUT2D eigenvalue weighted by Crippen LogP contribution is 2.18. The monoisotopic (exact) mass is 235 g/mol. The van der Waals surface area contributed by atoms with Crippen molar-refractivity contribution in [2.24, 2.45) is 5.73 Å². The summed E-state index contributed by atoms with van der Waals surface area (Å²) < 4.78 is 25.0. The minimum Gasteiger partial charge on any atom is -0.320 e. The second kappa shape index (κ2) is 4.37. The Hall–Kier alpha value is -0.810. The number of nitrogens with zero attached hydrogens (tertiary/aromatic N) is 2. The summed E-state index contributed by atoms with van der Waals surface area (Å²) in [5.74, 6) is 0. The quantitative estimate of drug-likeness (QED) is 0.815. The fourth-order valence-electron chi connectivity index (χ4n) is 1.15. The molecule has 0 spiro atoms. The van der Waals surface area contributed by atoms with Crippen LogP contribution in [-0.2, 0) is 6.42 Å². The normalized spacial score (nSPS) is 15.4. The molecule has 1 unspecified atom stereocenters. The fraction of sp³-hybridized carbons (Fsp3) is 0.556. The molecule has 0 fully saturated rings. The summed E-state index contributed by atoms with van der Waals surface area (Å²) in [6, 6.07) is 1.60. The minimum absolute atomic E-state index is 0.0340. The molecular weight excluding hydrogens is 224 g/mol. The van der Waals surface area contributed by atoms with E-state index in [0.717, 1.165) is 0 Å². The van der Waals surface area contributed by atoms with Gasteiger partial charge in [0.2, 0.25) is 5.28 Å². The number of rotatable bonds is 3. The summed E-state index contributed by atoms with van der Waals surface area (Å²) in [4.78, 5) is 7.68. The number of nitrogens with two attached hydrogens (primary N) is 1. The van der Waals surface area contributed by atoms with Crippen molar-refractivity contribution in [1.82, 2.24) is 9.97 Å². The molecule has 1 rings (SSSR count). The number of aryl methyl sites for hydroxylation is 1. The molecule has 15 heavy (non-hydrogen) atoms. The van der Waals surface area contributed by atoms with Crippen LogP contribution < -0.4 is 5.73 Å². The van der Waals surface area contributed by atoms with Crippen molar-refractivity contribution in [3.63, 3.8) is 0 Å². The van der Waals surface area contributed by atoms with Gasteiger partial charge < -0.3 is 5.73 Å². The van der Waals surface area contributed by atoms with E-state index >= 15 is 0 Å². The Morgan fingerprint density at radius 2 is 2.13 bits per heavy atom. The zero-order chi connectivity index (χ0) is 11.6. The maximum absolute atomic E-state index is 12.5. The zero-order valence-electron chi connectivity index (χ0n) is 8.47. The van der Waals surface area contributed by atoms with E-state index in [1.54, 1.807) is 13.0 Å². The molecule has 1 aromatic heterocycles. The molecular formula is C9H12ClF2N3. The van der Waals surface area contributed by atoms with Crippen LogP contribution in [0, 0.1) is 6.92 Å². The number of hydrogen-bond donors (Lipinski definition) is 1. The Kier molecular flexibility index (Phi) is 3.57. The summed E-state index contributed by atoms with van der Waals surface area (Å²) in [5, 5.41) is 0.0510. The Balaban J connectivity index is 2.89. The molecule has 1 aromatic rings. The molecule has 0 aliphatic carbocycles. The Bertz CT molecular complexity index is 335. The first-order valence-corrected chi connectivity index (χ1v) is 4.76. The molecule has 3 nitrogen and oxygen atoms in total. The van der Waals surface area contributed by atoms with Gasteiger partial charge in [0.05, 0.1) is 5.54 Å². The van der Waals surface area contributed by atoms with Crippen LogP contribution in [0.1, 0.15) is 18.3 Å². The van der Waals surface area contributed by atoms with Crippen LogP contribution in [0.2, 0.25) is 5.28 Å². The van der Waals surface area contributed by atoms with Crippen LogP contribution in [0.25, 0.3) is 0 Å². The van der Waals surface area contributed by atoms with E-state index in [4.69, 9.17) is 17.3 Å². The van der Waals surface area contributed by atoms with Gasteiger partial charge in [0.1, 0.15) is 0 Å². The average molecular weight is 236 g/mol. The van der Waals surface area contributed by atoms with Gasteiger partial charge in [0, 0.05) is 17.8 Å². The molecule has 0 bridgehead atoms. The van der Waals surface area contributed by atoms with Crippen molar-refractivity contribution in [2.45, 2.75) is 32.2 Å². The van der Waals surface area contributed by atoms with Crippen molar-refractivity contribution in [1.29, 1.82) is 0 Å². The lowest BCUT2D eigenvalue weighted by molar-refractivity contribution is 0.0634. The van der Waals surface area contributed by atoms with E-state index in [1.807, 2.05) is 0 Å². The van der Waals surface area contributed by atoms with Crippen LogP contribution >= 0.6 is 11.6 Å². The molecule has 0 saturated carbocycles. The lowest BCUT2D eigenvalue weighted by atomic mass is 9.97. The van der Waals surface area contributed by atoms with E-state index in [-0.39, 0.29) is 11.7 Å². The van der Waals surface area contributed by atoms with Crippen LogP contribution in [0.4, 0.5) is 8.78 Å². The van der Waals surface area contributed by atoms with E-state index < -0.39 is 12.0 Å². The number of hydrogen-bond acceptors (Lipinski definition) is 3. The van der Waals surface area contributed by atoms with Gasteiger partial charge in [-0.25, -0.2) is 18.7 Å². The largest absolute Gasteiger partial charge is 0.320 e. The molecule has 0 aliphatic heterocycles. The second-order valence-electron chi connectivity index (χ2n) is 3.75. The number of aromatic nitrogens is 2. The van der Waals surface area contributed by atoms with Crippen LogP contribution in [0.5, 0.6) is 0 Å². The minimum atomic E-state index is -2.61. The summed E-state index contributed by atoms with van der Waals surface area (Å²) in [5.41, 5.74) is 4.91. The maximum atomic E-state index is 12.5. The highest BCUT2D eigenvalue weighted by molar-refractivity contribution is 6.28. The van der Waals surface area contributed by atoms with Crippen LogP contribution in [0.15, 0.2) is 6.07 Å². The lowest BCUT2D eigenvalue weighted by Crippen LogP contribution is -2.46. The van der Waals surface area contributed by atoms with E-state index in [1.165, 1.54) is 6.92 Å². The third kappa shape index (κ3) is 3.35. The van der Waals surface area contributed by atoms with Crippen LogP contribution in [-0.4, -0.2) is 21.9 Å². The van der Waals surface area contributed by atoms with Gasteiger partial charge in [-0.15, -0.1) is 0 Å². The number of alkyl halides is 2. The second-order valence-corrected chi connectivity index (χ2v) is 4.09. The maximum Gasteiger partial charge on any atom is 0.256 e. The average Bonchev–Trinajstić information content (AvgIpc) is 1.99. The Morgan fingerprint density at radius 1 is 1.53 bits per heavy atom. The highest BCUT2D eigenvalue weighted by atomic mass is 35.5. The Labute approximate surface area is 91.7 Å². The van der Waals surface area contributed by atoms with Crippen LogP contribution in [0.3, 0.4) is 0 Å². The van der Waals surface area contributed by atoms with Crippen molar-refractivity contribution in [3.8, 4) is 0 Å².